The predicted octanol–water partition coefficient (Wildman–Crippen LogP) is 4.04. The summed E-state index contributed by atoms with van der Waals surface area (Å²) in [6, 6.07) is 11.1. The summed E-state index contributed by atoms with van der Waals surface area (Å²) in [5.74, 6) is 2.87. The van der Waals surface area contributed by atoms with Crippen LogP contribution in [0.25, 0.3) is 0 Å². The highest BCUT2D eigenvalue weighted by atomic mass is 32.2. The molecule has 1 aliphatic heterocycles. The normalized spacial score (nSPS) is 16.0. The van der Waals surface area contributed by atoms with Crippen molar-refractivity contribution in [3.05, 3.63) is 59.4 Å². The first kappa shape index (κ1) is 20.7. The lowest BCUT2D eigenvalue weighted by atomic mass is 10.1. The van der Waals surface area contributed by atoms with E-state index in [1.54, 1.807) is 24.3 Å². The molecule has 0 unspecified atom stereocenters. The molecule has 0 N–H and O–H groups in total. The number of rotatable bonds is 8. The zero-order valence-electron chi connectivity index (χ0n) is 15.9. The summed E-state index contributed by atoms with van der Waals surface area (Å²) in [6.45, 7) is 2.57. The Kier molecular flexibility index (Phi) is 6.78. The number of halogens is 1. The van der Waals surface area contributed by atoms with Gasteiger partial charge in [0.1, 0.15) is 12.4 Å². The lowest BCUT2D eigenvalue weighted by Gasteiger charge is -2.15. The molecule has 1 aliphatic rings. The highest BCUT2D eigenvalue weighted by Gasteiger charge is 2.39. The maximum absolute atomic E-state index is 13.1. The topological polar surface area (TPSA) is 55.8 Å². The monoisotopic (exact) mass is 413 g/mol. The van der Waals surface area contributed by atoms with Gasteiger partial charge in [-0.15, -0.1) is 6.42 Å². The molecule has 0 spiro atoms. The van der Waals surface area contributed by atoms with E-state index in [0.717, 1.165) is 17.3 Å². The van der Waals surface area contributed by atoms with Crippen molar-refractivity contribution >= 4 is 22.9 Å². The predicted molar refractivity (Wildman–Crippen MR) is 109 cm³/mol. The molecule has 1 atom stereocenters. The van der Waals surface area contributed by atoms with Gasteiger partial charge >= 0.3 is 0 Å². The van der Waals surface area contributed by atoms with Gasteiger partial charge in [-0.3, -0.25) is 14.5 Å². The molecule has 2 aromatic rings. The first-order chi connectivity index (χ1) is 14.0. The number of carbonyl (C=O) groups excluding carboxylic acids is 2. The maximum Gasteiger partial charge on any atom is 0.289 e. The van der Waals surface area contributed by atoms with Crippen LogP contribution in [0.4, 0.5) is 9.18 Å². The van der Waals surface area contributed by atoms with Crippen molar-refractivity contribution in [2.45, 2.75) is 25.1 Å². The van der Waals surface area contributed by atoms with Crippen molar-refractivity contribution in [2.24, 2.45) is 0 Å². The molecule has 2 aromatic carbocycles. The first-order valence-electron chi connectivity index (χ1n) is 9.10. The van der Waals surface area contributed by atoms with Gasteiger partial charge in [-0.2, -0.15) is 0 Å². The number of terminal acetylenes is 1. The number of hydrogen-bond acceptors (Lipinski definition) is 5. The molecule has 0 aromatic heterocycles. The summed E-state index contributed by atoms with van der Waals surface area (Å²) in [7, 11) is 0. The molecular formula is C22H20FNO4S. The largest absolute Gasteiger partial charge is 0.490 e. The fraction of sp³-hybridized carbons (Fsp3) is 0.273. The Balaban J connectivity index is 1.70. The summed E-state index contributed by atoms with van der Waals surface area (Å²) < 4.78 is 24.1. The van der Waals surface area contributed by atoms with Crippen LogP contribution in [0.3, 0.4) is 0 Å². The van der Waals surface area contributed by atoms with Gasteiger partial charge in [0.25, 0.3) is 5.24 Å². The number of nitrogens with zero attached hydrogens (tertiary/aromatic N) is 1. The quantitative estimate of drug-likeness (QED) is 0.612. The van der Waals surface area contributed by atoms with Crippen LogP contribution in [-0.4, -0.2) is 34.5 Å². The van der Waals surface area contributed by atoms with Crippen molar-refractivity contribution in [3.8, 4) is 23.8 Å². The van der Waals surface area contributed by atoms with Gasteiger partial charge in [0.2, 0.25) is 5.91 Å². The molecule has 1 saturated heterocycles. The number of amides is 2. The fourth-order valence-electron chi connectivity index (χ4n) is 2.94. The molecule has 2 amide bonds. The molecule has 29 heavy (non-hydrogen) atoms. The lowest BCUT2D eigenvalue weighted by Crippen LogP contribution is -2.31. The van der Waals surface area contributed by atoms with Gasteiger partial charge in [0.05, 0.1) is 18.4 Å². The van der Waals surface area contributed by atoms with Crippen molar-refractivity contribution < 1.29 is 23.5 Å². The molecule has 7 heteroatoms. The van der Waals surface area contributed by atoms with Crippen LogP contribution in [0, 0.1) is 18.2 Å². The zero-order valence-corrected chi connectivity index (χ0v) is 16.7. The maximum atomic E-state index is 13.1. The van der Waals surface area contributed by atoms with Crippen LogP contribution in [0.2, 0.25) is 0 Å². The van der Waals surface area contributed by atoms with Crippen molar-refractivity contribution in [2.75, 3.05) is 13.2 Å². The summed E-state index contributed by atoms with van der Waals surface area (Å²) in [5, 5.41) is -0.821. The van der Waals surface area contributed by atoms with Gasteiger partial charge in [-0.05, 0) is 48.7 Å². The van der Waals surface area contributed by atoms with E-state index in [0.29, 0.717) is 30.1 Å². The molecule has 5 nitrogen and oxygen atoms in total. The summed E-state index contributed by atoms with van der Waals surface area (Å²) in [4.78, 5) is 26.3. The van der Waals surface area contributed by atoms with Crippen molar-refractivity contribution in [3.63, 3.8) is 0 Å². The minimum atomic E-state index is -0.519. The average Bonchev–Trinajstić information content (AvgIpc) is 2.96. The summed E-state index contributed by atoms with van der Waals surface area (Å²) in [6.07, 6.45) is 5.61. The number of hydrogen-bond donors (Lipinski definition) is 0. The Morgan fingerprint density at radius 2 is 1.83 bits per heavy atom. The SMILES string of the molecule is C#CCOc1ccc(C[C@H]2SC(=O)N(Cc3ccc(F)cc3)C2=O)cc1OCC. The van der Waals surface area contributed by atoms with Gasteiger partial charge < -0.3 is 9.47 Å². The smallest absolute Gasteiger partial charge is 0.289 e. The third-order valence-corrected chi connectivity index (χ3v) is 5.37. The number of ether oxygens (including phenoxy) is 2. The Hall–Kier alpha value is -2.98. The lowest BCUT2D eigenvalue weighted by molar-refractivity contribution is -0.127. The average molecular weight is 413 g/mol. The highest BCUT2D eigenvalue weighted by molar-refractivity contribution is 8.15. The fourth-order valence-corrected chi connectivity index (χ4v) is 3.97. The van der Waals surface area contributed by atoms with Crippen LogP contribution in [0.5, 0.6) is 11.5 Å². The Morgan fingerprint density at radius 3 is 2.52 bits per heavy atom. The Labute approximate surface area is 173 Å². The van der Waals surface area contributed by atoms with E-state index in [-0.39, 0.29) is 30.1 Å². The van der Waals surface area contributed by atoms with Gasteiger partial charge in [0, 0.05) is 0 Å². The van der Waals surface area contributed by atoms with E-state index in [4.69, 9.17) is 15.9 Å². The number of benzene rings is 2. The summed E-state index contributed by atoms with van der Waals surface area (Å²) in [5.41, 5.74) is 1.55. The first-order valence-corrected chi connectivity index (χ1v) is 9.98. The van der Waals surface area contributed by atoms with Crippen LogP contribution >= 0.6 is 11.8 Å². The van der Waals surface area contributed by atoms with Crippen molar-refractivity contribution in [1.29, 1.82) is 0 Å². The van der Waals surface area contributed by atoms with E-state index in [9.17, 15) is 14.0 Å². The number of carbonyl (C=O) groups is 2. The molecule has 1 fully saturated rings. The van der Waals surface area contributed by atoms with E-state index in [1.807, 2.05) is 13.0 Å². The second-order valence-electron chi connectivity index (χ2n) is 6.33. The standard InChI is InChI=1S/C22H20FNO4S/c1-3-11-28-18-10-7-16(12-19(18)27-4-2)13-20-21(25)24(22(26)29-20)14-15-5-8-17(23)9-6-15/h1,5-10,12,20H,4,11,13-14H2,2H3/t20-/m1/s1. The molecule has 1 heterocycles. The molecule has 150 valence electrons. The highest BCUT2D eigenvalue weighted by Crippen LogP contribution is 2.34. The van der Waals surface area contributed by atoms with Gasteiger partial charge in [-0.1, -0.05) is 35.9 Å². The zero-order chi connectivity index (χ0) is 20.8. The molecule has 3 rings (SSSR count). The number of thioether (sulfide) groups is 1. The van der Waals surface area contributed by atoms with Gasteiger partial charge in [0.15, 0.2) is 11.5 Å². The van der Waals surface area contributed by atoms with E-state index in [1.165, 1.54) is 17.0 Å². The minimum Gasteiger partial charge on any atom is -0.490 e. The van der Waals surface area contributed by atoms with E-state index in [2.05, 4.69) is 5.92 Å². The Morgan fingerprint density at radius 1 is 1.10 bits per heavy atom. The molecule has 0 radical (unpaired) electrons. The van der Waals surface area contributed by atoms with Gasteiger partial charge in [-0.25, -0.2) is 4.39 Å². The van der Waals surface area contributed by atoms with Crippen LogP contribution < -0.4 is 9.47 Å². The molecule has 0 bridgehead atoms. The second-order valence-corrected chi connectivity index (χ2v) is 7.49. The van der Waals surface area contributed by atoms with Crippen LogP contribution in [0.1, 0.15) is 18.1 Å². The Bertz CT molecular complexity index is 939. The van der Waals surface area contributed by atoms with E-state index >= 15 is 0 Å². The minimum absolute atomic E-state index is 0.128. The van der Waals surface area contributed by atoms with Crippen LogP contribution in [-0.2, 0) is 17.8 Å². The van der Waals surface area contributed by atoms with Crippen LogP contribution in [0.15, 0.2) is 42.5 Å². The van der Waals surface area contributed by atoms with Crippen molar-refractivity contribution in [1.82, 2.24) is 4.90 Å². The third-order valence-electron chi connectivity index (χ3n) is 4.30. The molecule has 0 aliphatic carbocycles. The molecule has 0 saturated carbocycles. The number of imide groups is 1. The summed E-state index contributed by atoms with van der Waals surface area (Å²) >= 11 is 1.00. The van der Waals surface area contributed by atoms with E-state index < -0.39 is 5.25 Å². The molecular weight excluding hydrogens is 393 g/mol. The third kappa shape index (κ3) is 5.09. The second kappa shape index (κ2) is 9.48.